The first-order valence-electron chi connectivity index (χ1n) is 10.7. The highest BCUT2D eigenvalue weighted by Crippen LogP contribution is 2.46. The van der Waals surface area contributed by atoms with Crippen molar-refractivity contribution in [3.63, 3.8) is 0 Å². The number of carbonyl (C=O) groups excluding carboxylic acids is 1. The van der Waals surface area contributed by atoms with Gasteiger partial charge in [0, 0.05) is 37.0 Å². The molecule has 1 amide bonds. The highest BCUT2D eigenvalue weighted by Gasteiger charge is 2.49. The first-order valence-corrected chi connectivity index (χ1v) is 10.7. The highest BCUT2D eigenvalue weighted by atomic mass is 16.2. The Morgan fingerprint density at radius 3 is 2.48 bits per heavy atom. The molecule has 3 aromatic rings. The maximum Gasteiger partial charge on any atom is 0.254 e. The largest absolute Gasteiger partial charge is 0.356 e. The van der Waals surface area contributed by atoms with Gasteiger partial charge in [0.1, 0.15) is 17.6 Å². The third-order valence-corrected chi connectivity index (χ3v) is 6.54. The fourth-order valence-corrected chi connectivity index (χ4v) is 5.04. The number of benzene rings is 2. The summed E-state index contributed by atoms with van der Waals surface area (Å²) in [6, 6.07) is 25.9. The van der Waals surface area contributed by atoms with Gasteiger partial charge >= 0.3 is 0 Å². The quantitative estimate of drug-likeness (QED) is 0.651. The Balaban J connectivity index is 1.46. The molecule has 2 saturated heterocycles. The molecule has 0 aliphatic carbocycles. The van der Waals surface area contributed by atoms with Crippen LogP contribution in [0.1, 0.15) is 33.2 Å². The normalized spacial score (nSPS) is 22.3. The summed E-state index contributed by atoms with van der Waals surface area (Å²) >= 11 is 0. The molecule has 5 heteroatoms. The molecule has 5 rings (SSSR count). The topological polar surface area (TPSA) is 60.2 Å². The van der Waals surface area contributed by atoms with Crippen LogP contribution in [0.25, 0.3) is 0 Å². The van der Waals surface area contributed by atoms with E-state index in [1.807, 2.05) is 61.5 Å². The van der Waals surface area contributed by atoms with E-state index >= 15 is 0 Å². The summed E-state index contributed by atoms with van der Waals surface area (Å²) in [5.41, 5.74) is 3.50. The van der Waals surface area contributed by atoms with Crippen molar-refractivity contribution < 1.29 is 4.79 Å². The molecule has 3 heterocycles. The van der Waals surface area contributed by atoms with Gasteiger partial charge in [0.15, 0.2) is 0 Å². The van der Waals surface area contributed by atoms with Gasteiger partial charge in [-0.3, -0.25) is 4.79 Å². The van der Waals surface area contributed by atoms with E-state index in [0.717, 1.165) is 36.6 Å². The summed E-state index contributed by atoms with van der Waals surface area (Å²) in [5.74, 6) is 1.63. The molecule has 2 fully saturated rings. The summed E-state index contributed by atoms with van der Waals surface area (Å²) in [6.07, 6.45) is 0. The van der Waals surface area contributed by atoms with E-state index in [1.54, 1.807) is 6.07 Å². The predicted octanol–water partition coefficient (Wildman–Crippen LogP) is 4.21. The maximum atomic E-state index is 13.5. The van der Waals surface area contributed by atoms with Crippen LogP contribution in [-0.2, 0) is 0 Å². The molecule has 2 aliphatic rings. The number of aromatic nitrogens is 1. The van der Waals surface area contributed by atoms with Crippen LogP contribution in [0, 0.1) is 30.1 Å². The van der Waals surface area contributed by atoms with Gasteiger partial charge < -0.3 is 9.80 Å². The number of anilines is 1. The van der Waals surface area contributed by atoms with Crippen LogP contribution < -0.4 is 4.90 Å². The molecule has 0 spiro atoms. The lowest BCUT2D eigenvalue weighted by Crippen LogP contribution is -2.36. The lowest BCUT2D eigenvalue weighted by molar-refractivity contribution is 0.0715. The van der Waals surface area contributed by atoms with Crippen LogP contribution in [0.3, 0.4) is 0 Å². The molecule has 5 nitrogen and oxygen atoms in total. The van der Waals surface area contributed by atoms with Gasteiger partial charge in [0.2, 0.25) is 0 Å². The number of hydrogen-bond donors (Lipinski definition) is 0. The Morgan fingerprint density at radius 1 is 0.968 bits per heavy atom. The third-order valence-electron chi connectivity index (χ3n) is 6.54. The molecule has 0 unspecified atom stereocenters. The molecule has 3 atom stereocenters. The zero-order valence-electron chi connectivity index (χ0n) is 17.5. The molecule has 0 saturated carbocycles. The average molecular weight is 409 g/mol. The average Bonchev–Trinajstić information content (AvgIpc) is 3.38. The van der Waals surface area contributed by atoms with Gasteiger partial charge in [-0.15, -0.1) is 0 Å². The Morgan fingerprint density at radius 2 is 1.74 bits per heavy atom. The van der Waals surface area contributed by atoms with Crippen molar-refractivity contribution in [1.82, 2.24) is 9.88 Å². The summed E-state index contributed by atoms with van der Waals surface area (Å²) in [4.78, 5) is 22.3. The van der Waals surface area contributed by atoms with Crippen molar-refractivity contribution in [3.05, 3.63) is 95.2 Å². The number of nitrogens with zero attached hydrogens (tertiary/aromatic N) is 4. The van der Waals surface area contributed by atoms with Gasteiger partial charge in [-0.1, -0.05) is 54.1 Å². The fraction of sp³-hybridized carbons (Fsp3) is 0.269. The number of rotatable bonds is 3. The Labute approximate surface area is 182 Å². The van der Waals surface area contributed by atoms with E-state index in [-0.39, 0.29) is 11.9 Å². The SMILES string of the molecule is Cc1ccc(C(=O)N2C[C@@H]3CN(c4cccc(C#N)n4)C[C@@H]3[C@H]2c2ccccc2)cc1. The molecule has 0 radical (unpaired) electrons. The first kappa shape index (κ1) is 19.3. The number of hydrogen-bond acceptors (Lipinski definition) is 4. The zero-order chi connectivity index (χ0) is 21.4. The summed E-state index contributed by atoms with van der Waals surface area (Å²) < 4.78 is 0. The van der Waals surface area contributed by atoms with E-state index in [9.17, 15) is 10.1 Å². The van der Waals surface area contributed by atoms with Crippen molar-refractivity contribution in [3.8, 4) is 6.07 Å². The molecule has 0 bridgehead atoms. The second kappa shape index (κ2) is 7.88. The first-order chi connectivity index (χ1) is 15.1. The van der Waals surface area contributed by atoms with Crippen molar-refractivity contribution >= 4 is 11.7 Å². The third kappa shape index (κ3) is 3.55. The maximum absolute atomic E-state index is 13.5. The number of carbonyl (C=O) groups is 1. The summed E-state index contributed by atoms with van der Waals surface area (Å²) in [5, 5.41) is 9.20. The van der Waals surface area contributed by atoms with Gasteiger partial charge in [-0.2, -0.15) is 5.26 Å². The minimum absolute atomic E-state index is 0.0316. The number of aryl methyl sites for hydroxylation is 1. The summed E-state index contributed by atoms with van der Waals surface area (Å²) in [6.45, 7) is 4.42. The highest BCUT2D eigenvalue weighted by molar-refractivity contribution is 5.94. The van der Waals surface area contributed by atoms with Crippen LogP contribution >= 0.6 is 0 Å². The lowest BCUT2D eigenvalue weighted by Gasteiger charge is -2.30. The zero-order valence-corrected chi connectivity index (χ0v) is 17.5. The predicted molar refractivity (Wildman–Crippen MR) is 120 cm³/mol. The van der Waals surface area contributed by atoms with Crippen molar-refractivity contribution in [1.29, 1.82) is 5.26 Å². The molecule has 2 aliphatic heterocycles. The number of nitriles is 1. The second-order valence-corrected chi connectivity index (χ2v) is 8.50. The summed E-state index contributed by atoms with van der Waals surface area (Å²) in [7, 11) is 0. The lowest BCUT2D eigenvalue weighted by atomic mass is 9.89. The van der Waals surface area contributed by atoms with E-state index in [0.29, 0.717) is 17.5 Å². The van der Waals surface area contributed by atoms with Gasteiger partial charge in [0.05, 0.1) is 6.04 Å². The number of likely N-dealkylation sites (tertiary alicyclic amines) is 1. The molecule has 2 aromatic carbocycles. The Kier molecular flexibility index (Phi) is 4.91. The van der Waals surface area contributed by atoms with Crippen molar-refractivity contribution in [2.75, 3.05) is 24.5 Å². The number of fused-ring (bicyclic) bond motifs is 1. The Bertz CT molecular complexity index is 1140. The van der Waals surface area contributed by atoms with Crippen LogP contribution in [0.2, 0.25) is 0 Å². The van der Waals surface area contributed by atoms with E-state index in [4.69, 9.17) is 0 Å². The van der Waals surface area contributed by atoms with Crippen molar-refractivity contribution in [2.45, 2.75) is 13.0 Å². The van der Waals surface area contributed by atoms with Crippen LogP contribution in [0.5, 0.6) is 0 Å². The van der Waals surface area contributed by atoms with Gasteiger partial charge in [0.25, 0.3) is 5.91 Å². The Hall–Kier alpha value is -3.65. The monoisotopic (exact) mass is 408 g/mol. The fourth-order valence-electron chi connectivity index (χ4n) is 5.04. The van der Waals surface area contributed by atoms with E-state index < -0.39 is 0 Å². The standard InChI is InChI=1S/C26H24N4O/c1-18-10-12-20(13-11-18)26(31)30-16-21-15-29(24-9-5-8-22(14-27)28-24)17-23(21)25(30)19-6-3-2-4-7-19/h2-13,21,23,25H,15-17H2,1H3/t21-,23-,25+/m0/s1. The molecule has 31 heavy (non-hydrogen) atoms. The smallest absolute Gasteiger partial charge is 0.254 e. The second-order valence-electron chi connectivity index (χ2n) is 8.50. The number of pyridine rings is 1. The minimum Gasteiger partial charge on any atom is -0.356 e. The van der Waals surface area contributed by atoms with Gasteiger partial charge in [-0.05, 0) is 36.8 Å². The molecule has 154 valence electrons. The van der Waals surface area contributed by atoms with Crippen LogP contribution in [0.15, 0.2) is 72.8 Å². The molecule has 0 N–H and O–H groups in total. The molecular formula is C26H24N4O. The van der Waals surface area contributed by atoms with Crippen LogP contribution in [0.4, 0.5) is 5.82 Å². The van der Waals surface area contributed by atoms with Crippen LogP contribution in [-0.4, -0.2) is 35.4 Å². The van der Waals surface area contributed by atoms with Gasteiger partial charge in [-0.25, -0.2) is 4.98 Å². The van der Waals surface area contributed by atoms with Crippen molar-refractivity contribution in [2.24, 2.45) is 11.8 Å². The van der Waals surface area contributed by atoms with E-state index in [1.165, 1.54) is 5.56 Å². The molecule has 1 aromatic heterocycles. The number of amides is 1. The molecular weight excluding hydrogens is 384 g/mol. The minimum atomic E-state index is 0.0316. The van der Waals surface area contributed by atoms with E-state index in [2.05, 4.69) is 33.0 Å².